The zero-order valence-electron chi connectivity index (χ0n) is 27.5. The van der Waals surface area contributed by atoms with Crippen molar-refractivity contribution in [3.8, 4) is 0 Å². The number of nitrogen functional groups attached to an aromatic ring is 1. The third-order valence-electron chi connectivity index (χ3n) is 10.8. The molecule has 0 saturated carbocycles. The van der Waals surface area contributed by atoms with Gasteiger partial charge in [0.05, 0.1) is 10.7 Å². The number of piperidine rings is 3. The number of carbonyl (C=O) groups is 3. The third-order valence-corrected chi connectivity index (χ3v) is 11.1. The maximum atomic E-state index is 14.0. The molecule has 3 saturated heterocycles. The number of ether oxygens (including phenoxy) is 1. The average Bonchev–Trinajstić information content (AvgIpc) is 3.27. The van der Waals surface area contributed by atoms with Crippen LogP contribution in [0.1, 0.15) is 62.1 Å². The predicted octanol–water partition coefficient (Wildman–Crippen LogP) is 5.33. The number of nitrogens with two attached hydrogens (primary N) is 1. The smallest absolute Gasteiger partial charge is 0.410 e. The molecule has 3 fully saturated rings. The van der Waals surface area contributed by atoms with E-state index in [1.54, 1.807) is 11.0 Å². The minimum absolute atomic E-state index is 0.0245. The Labute approximate surface area is 283 Å². The van der Waals surface area contributed by atoms with E-state index in [0.29, 0.717) is 74.5 Å². The molecule has 4 aliphatic rings. The molecular weight excluding hydrogens is 616 g/mol. The fourth-order valence-electron chi connectivity index (χ4n) is 7.95. The van der Waals surface area contributed by atoms with Gasteiger partial charge in [-0.05, 0) is 105 Å². The topological polar surface area (TPSA) is 120 Å². The van der Waals surface area contributed by atoms with Crippen LogP contribution in [0.5, 0.6) is 0 Å². The molecule has 254 valence electrons. The number of nitrogens with one attached hydrogen (secondary N) is 2. The average molecular weight is 665 g/mol. The van der Waals surface area contributed by atoms with Crippen molar-refractivity contribution in [3.63, 3.8) is 0 Å². The van der Waals surface area contributed by atoms with E-state index in [0.717, 1.165) is 54.7 Å². The molecule has 11 heteroatoms. The Morgan fingerprint density at radius 3 is 2.36 bits per heavy atom. The van der Waals surface area contributed by atoms with Crippen LogP contribution in [0.25, 0.3) is 0 Å². The van der Waals surface area contributed by atoms with E-state index in [1.807, 2.05) is 47.1 Å². The number of hydrogen-bond acceptors (Lipinski definition) is 6. The summed E-state index contributed by atoms with van der Waals surface area (Å²) in [5.74, 6) is 1.20. The first-order valence-electron chi connectivity index (χ1n) is 17.5. The molecular formula is C36H49ClN6O4. The van der Waals surface area contributed by atoms with Gasteiger partial charge >= 0.3 is 12.1 Å². The summed E-state index contributed by atoms with van der Waals surface area (Å²) in [6.45, 7) is 7.05. The summed E-state index contributed by atoms with van der Waals surface area (Å²) in [5, 5.41) is 6.95. The molecule has 4 N–H and O–H groups in total. The van der Waals surface area contributed by atoms with Gasteiger partial charge in [-0.25, -0.2) is 9.59 Å². The number of rotatable bonds is 7. The number of anilines is 2. The number of benzene rings is 2. The van der Waals surface area contributed by atoms with E-state index in [9.17, 15) is 14.4 Å². The Morgan fingerprint density at radius 2 is 1.64 bits per heavy atom. The summed E-state index contributed by atoms with van der Waals surface area (Å²) in [6, 6.07) is 11.6. The largest absolute Gasteiger partial charge is 0.436 e. The van der Waals surface area contributed by atoms with E-state index >= 15 is 0 Å². The van der Waals surface area contributed by atoms with E-state index in [4.69, 9.17) is 22.1 Å². The van der Waals surface area contributed by atoms with E-state index in [1.165, 1.54) is 12.8 Å². The molecule has 6 rings (SSSR count). The number of para-hydroxylation sites is 1. The Balaban J connectivity index is 1.10. The number of amides is 4. The zero-order valence-corrected chi connectivity index (χ0v) is 28.3. The van der Waals surface area contributed by atoms with Crippen molar-refractivity contribution in [2.24, 2.45) is 11.8 Å². The van der Waals surface area contributed by atoms with Crippen molar-refractivity contribution in [2.75, 3.05) is 56.9 Å². The van der Waals surface area contributed by atoms with Gasteiger partial charge < -0.3 is 35.8 Å². The minimum atomic E-state index is -0.963. The van der Waals surface area contributed by atoms with Gasteiger partial charge in [0.1, 0.15) is 0 Å². The lowest BCUT2D eigenvalue weighted by atomic mass is 9.79. The second-order valence-corrected chi connectivity index (χ2v) is 14.0. The molecule has 2 aromatic rings. The van der Waals surface area contributed by atoms with Crippen LogP contribution >= 0.6 is 11.6 Å². The number of urea groups is 1. The highest BCUT2D eigenvalue weighted by Gasteiger charge is 2.36. The summed E-state index contributed by atoms with van der Waals surface area (Å²) >= 11 is 6.48. The first-order valence-corrected chi connectivity index (χ1v) is 17.9. The summed E-state index contributed by atoms with van der Waals surface area (Å²) in [6.07, 6.45) is 5.92. The third kappa shape index (κ3) is 7.81. The number of nitrogens with zero attached hydrogens (tertiary/aromatic N) is 3. The maximum absolute atomic E-state index is 14.0. The normalized spacial score (nSPS) is 20.7. The van der Waals surface area contributed by atoms with Crippen LogP contribution in [-0.2, 0) is 28.8 Å². The zero-order chi connectivity index (χ0) is 32.9. The summed E-state index contributed by atoms with van der Waals surface area (Å²) in [4.78, 5) is 46.2. The first kappa shape index (κ1) is 33.4. The fraction of sp³-hybridized carbons (Fsp3) is 0.583. The predicted molar refractivity (Wildman–Crippen MR) is 185 cm³/mol. The van der Waals surface area contributed by atoms with Crippen LogP contribution in [-0.4, -0.2) is 90.7 Å². The lowest BCUT2D eigenvalue weighted by Gasteiger charge is -2.39. The summed E-state index contributed by atoms with van der Waals surface area (Å²) < 4.78 is 6.08. The molecule has 0 unspecified atom stereocenters. The van der Waals surface area contributed by atoms with Crippen LogP contribution in [0.3, 0.4) is 0 Å². The Bertz CT molecular complexity index is 1430. The van der Waals surface area contributed by atoms with Crippen LogP contribution in [0, 0.1) is 11.8 Å². The SMILES string of the molecule is CCc1cc(C[C@@H](OC(=O)N2CCC(N3CCc4ccccc4NC3=O)CC2)C(=O)N2CCC(C3CCNCC3)CC2)cc(Cl)c1N. The first-order chi connectivity index (χ1) is 22.8. The van der Waals surface area contributed by atoms with Gasteiger partial charge in [0.15, 0.2) is 6.10 Å². The highest BCUT2D eigenvalue weighted by molar-refractivity contribution is 6.33. The lowest BCUT2D eigenvalue weighted by Crippen LogP contribution is -2.52. The molecule has 4 amide bonds. The molecule has 1 atom stereocenters. The highest BCUT2D eigenvalue weighted by Crippen LogP contribution is 2.32. The van der Waals surface area contributed by atoms with Crippen LogP contribution < -0.4 is 16.4 Å². The Morgan fingerprint density at radius 1 is 0.957 bits per heavy atom. The molecule has 0 bridgehead atoms. The fourth-order valence-corrected chi connectivity index (χ4v) is 8.21. The molecule has 4 heterocycles. The number of halogens is 1. The van der Waals surface area contributed by atoms with Crippen molar-refractivity contribution in [2.45, 2.75) is 76.9 Å². The van der Waals surface area contributed by atoms with E-state index in [-0.39, 0.29) is 24.4 Å². The molecule has 10 nitrogen and oxygen atoms in total. The van der Waals surface area contributed by atoms with E-state index < -0.39 is 12.2 Å². The van der Waals surface area contributed by atoms with Gasteiger partial charge in [0.2, 0.25) is 0 Å². The van der Waals surface area contributed by atoms with Crippen molar-refractivity contribution in [1.82, 2.24) is 20.0 Å². The number of carbonyl (C=O) groups excluding carboxylic acids is 3. The van der Waals surface area contributed by atoms with Crippen LogP contribution in [0.15, 0.2) is 36.4 Å². The summed E-state index contributed by atoms with van der Waals surface area (Å²) in [7, 11) is 0. The molecule has 4 aliphatic heterocycles. The van der Waals surface area contributed by atoms with Gasteiger partial charge in [-0.1, -0.05) is 42.8 Å². The van der Waals surface area contributed by atoms with Gasteiger partial charge in [-0.15, -0.1) is 0 Å². The highest BCUT2D eigenvalue weighted by atomic mass is 35.5. The van der Waals surface area contributed by atoms with Crippen molar-refractivity contribution >= 4 is 41.0 Å². The minimum Gasteiger partial charge on any atom is -0.436 e. The molecule has 47 heavy (non-hydrogen) atoms. The quantitative estimate of drug-likeness (QED) is 0.345. The molecule has 0 aliphatic carbocycles. The van der Waals surface area contributed by atoms with Gasteiger partial charge in [0.25, 0.3) is 5.91 Å². The summed E-state index contributed by atoms with van der Waals surface area (Å²) in [5.41, 5.74) is 10.5. The number of hydrogen-bond donors (Lipinski definition) is 3. The van der Waals surface area contributed by atoms with Gasteiger partial charge in [0, 0.05) is 50.9 Å². The standard InChI is InChI=1S/C36H49ClN6O4/c1-2-25-21-24(22-30(37)33(25)38)23-32(34(44)41-16-9-27(10-17-41)26-7-14-39-15-8-26)47-36(46)42-18-12-29(13-19-42)43-20-11-28-5-3-4-6-31(28)40-35(43)45/h3-6,21-22,26-27,29,32,39H,2,7-20,23,38H2,1H3,(H,40,45)/t32-/m1/s1. The Kier molecular flexibility index (Phi) is 10.8. The monoisotopic (exact) mass is 664 g/mol. The van der Waals surface area contributed by atoms with Crippen molar-refractivity contribution < 1.29 is 19.1 Å². The number of fused-ring (bicyclic) bond motifs is 1. The van der Waals surface area contributed by atoms with Crippen molar-refractivity contribution in [3.05, 3.63) is 58.1 Å². The van der Waals surface area contributed by atoms with Gasteiger partial charge in [-0.2, -0.15) is 0 Å². The molecule has 2 aromatic carbocycles. The van der Waals surface area contributed by atoms with Crippen molar-refractivity contribution in [1.29, 1.82) is 0 Å². The lowest BCUT2D eigenvalue weighted by molar-refractivity contribution is -0.142. The second kappa shape index (κ2) is 15.2. The number of aryl methyl sites for hydroxylation is 1. The second-order valence-electron chi connectivity index (χ2n) is 13.6. The van der Waals surface area contributed by atoms with Crippen LogP contribution in [0.4, 0.5) is 21.0 Å². The maximum Gasteiger partial charge on any atom is 0.410 e. The molecule has 0 radical (unpaired) electrons. The van der Waals surface area contributed by atoms with Crippen LogP contribution in [0.2, 0.25) is 5.02 Å². The molecule has 0 aromatic heterocycles. The van der Waals surface area contributed by atoms with Gasteiger partial charge in [-0.3, -0.25) is 4.79 Å². The van der Waals surface area contributed by atoms with E-state index in [2.05, 4.69) is 10.6 Å². The molecule has 0 spiro atoms. The number of likely N-dealkylation sites (tertiary alicyclic amines) is 2. The Hall–Kier alpha value is -3.50.